The predicted octanol–water partition coefficient (Wildman–Crippen LogP) is 5.31. The summed E-state index contributed by atoms with van der Waals surface area (Å²) >= 11 is 11.9. The molecule has 0 bridgehead atoms. The maximum Gasteiger partial charge on any atom is 0.132 e. The van der Waals surface area contributed by atoms with Crippen LogP contribution in [0.15, 0.2) is 36.4 Å². The van der Waals surface area contributed by atoms with Gasteiger partial charge in [0.25, 0.3) is 0 Å². The van der Waals surface area contributed by atoms with E-state index in [1.807, 2.05) is 6.92 Å². The molecule has 0 heterocycles. The lowest BCUT2D eigenvalue weighted by atomic mass is 10.1. The molecule has 0 aromatic heterocycles. The Morgan fingerprint density at radius 2 is 1.90 bits per heavy atom. The second-order valence-corrected chi connectivity index (χ2v) is 5.22. The molecular weight excluding hydrogens is 300 g/mol. The number of hydrogen-bond acceptors (Lipinski definition) is 2. The summed E-state index contributed by atoms with van der Waals surface area (Å²) in [4.78, 5) is 0. The van der Waals surface area contributed by atoms with Crippen LogP contribution < -0.4 is 10.1 Å². The van der Waals surface area contributed by atoms with Gasteiger partial charge in [0.05, 0.1) is 23.9 Å². The normalized spacial score (nSPS) is 12.1. The average Bonchev–Trinajstić information content (AvgIpc) is 2.41. The molecule has 0 aliphatic heterocycles. The lowest BCUT2D eigenvalue weighted by molar-refractivity contribution is 0.410. The van der Waals surface area contributed by atoms with Gasteiger partial charge in [0.1, 0.15) is 11.6 Å². The third-order valence-corrected chi connectivity index (χ3v) is 3.53. The summed E-state index contributed by atoms with van der Waals surface area (Å²) in [5.41, 5.74) is 1.25. The molecule has 0 fully saturated rings. The van der Waals surface area contributed by atoms with Crippen LogP contribution in [0.2, 0.25) is 10.0 Å². The van der Waals surface area contributed by atoms with Crippen LogP contribution in [0.5, 0.6) is 5.75 Å². The van der Waals surface area contributed by atoms with Crippen LogP contribution in [-0.2, 0) is 0 Å². The highest BCUT2D eigenvalue weighted by Crippen LogP contribution is 2.30. The maximum absolute atomic E-state index is 14.0. The molecule has 0 aliphatic rings. The maximum atomic E-state index is 14.0. The van der Waals surface area contributed by atoms with E-state index < -0.39 is 0 Å². The molecule has 5 heteroatoms. The Balaban J connectivity index is 2.21. The zero-order valence-corrected chi connectivity index (χ0v) is 12.6. The van der Waals surface area contributed by atoms with Crippen molar-refractivity contribution in [2.45, 2.75) is 13.0 Å². The lowest BCUT2D eigenvalue weighted by Crippen LogP contribution is -2.09. The van der Waals surface area contributed by atoms with E-state index in [-0.39, 0.29) is 11.9 Å². The first-order chi connectivity index (χ1) is 9.51. The summed E-state index contributed by atoms with van der Waals surface area (Å²) in [5, 5.41) is 4.22. The molecule has 1 atom stereocenters. The second-order valence-electron chi connectivity index (χ2n) is 4.38. The van der Waals surface area contributed by atoms with Crippen molar-refractivity contribution >= 4 is 28.9 Å². The molecule has 0 amide bonds. The fourth-order valence-electron chi connectivity index (χ4n) is 1.90. The number of rotatable bonds is 4. The Labute approximate surface area is 127 Å². The number of hydrogen-bond donors (Lipinski definition) is 1. The fraction of sp³-hybridized carbons (Fsp3) is 0.200. The zero-order chi connectivity index (χ0) is 14.7. The van der Waals surface area contributed by atoms with Gasteiger partial charge in [-0.2, -0.15) is 0 Å². The molecule has 1 N–H and O–H groups in total. The number of anilines is 1. The number of nitrogens with one attached hydrogen (secondary N) is 1. The van der Waals surface area contributed by atoms with E-state index in [1.165, 1.54) is 13.2 Å². The van der Waals surface area contributed by atoms with Crippen molar-refractivity contribution in [1.29, 1.82) is 0 Å². The van der Waals surface area contributed by atoms with Crippen LogP contribution >= 0.6 is 23.2 Å². The minimum absolute atomic E-state index is 0.236. The Morgan fingerprint density at radius 1 is 1.15 bits per heavy atom. The Morgan fingerprint density at radius 3 is 2.50 bits per heavy atom. The second kappa shape index (κ2) is 6.33. The van der Waals surface area contributed by atoms with Crippen LogP contribution in [0.3, 0.4) is 0 Å². The first kappa shape index (κ1) is 14.9. The van der Waals surface area contributed by atoms with Crippen molar-refractivity contribution in [2.24, 2.45) is 0 Å². The van der Waals surface area contributed by atoms with Crippen molar-refractivity contribution < 1.29 is 9.13 Å². The van der Waals surface area contributed by atoms with Gasteiger partial charge < -0.3 is 10.1 Å². The lowest BCUT2D eigenvalue weighted by Gasteiger charge is -2.18. The average molecular weight is 314 g/mol. The van der Waals surface area contributed by atoms with Gasteiger partial charge in [-0.15, -0.1) is 0 Å². The van der Waals surface area contributed by atoms with Crippen LogP contribution in [0.25, 0.3) is 0 Å². The number of halogens is 3. The van der Waals surface area contributed by atoms with Crippen LogP contribution in [0.1, 0.15) is 18.5 Å². The van der Waals surface area contributed by atoms with Crippen LogP contribution in [0, 0.1) is 5.82 Å². The van der Waals surface area contributed by atoms with Gasteiger partial charge in [-0.3, -0.25) is 0 Å². The molecule has 2 aromatic carbocycles. The van der Waals surface area contributed by atoms with E-state index >= 15 is 0 Å². The van der Waals surface area contributed by atoms with E-state index in [0.29, 0.717) is 27.0 Å². The van der Waals surface area contributed by atoms with Gasteiger partial charge in [-0.05, 0) is 31.2 Å². The first-order valence-corrected chi connectivity index (χ1v) is 6.82. The van der Waals surface area contributed by atoms with Gasteiger partial charge in [0, 0.05) is 16.7 Å². The Kier molecular flexibility index (Phi) is 4.73. The third kappa shape index (κ3) is 3.35. The van der Waals surface area contributed by atoms with Gasteiger partial charge in [0.15, 0.2) is 0 Å². The minimum atomic E-state index is -0.325. The molecule has 0 saturated carbocycles. The number of methoxy groups -OCH3 is 1. The molecule has 2 rings (SSSR count). The van der Waals surface area contributed by atoms with Crippen LogP contribution in [0.4, 0.5) is 10.1 Å². The van der Waals surface area contributed by atoms with Crippen molar-refractivity contribution in [2.75, 3.05) is 12.4 Å². The molecule has 2 aromatic rings. The van der Waals surface area contributed by atoms with Crippen LogP contribution in [-0.4, -0.2) is 7.11 Å². The van der Waals surface area contributed by atoms with Gasteiger partial charge >= 0.3 is 0 Å². The standard InChI is InChI=1S/C15H14Cl2FNO/c1-9(12-5-4-11(20-2)8-14(12)18)19-15-6-3-10(16)7-13(15)17/h3-9,19H,1-2H3. The molecule has 0 spiro atoms. The van der Waals surface area contributed by atoms with E-state index in [4.69, 9.17) is 27.9 Å². The molecule has 1 unspecified atom stereocenters. The topological polar surface area (TPSA) is 21.3 Å². The largest absolute Gasteiger partial charge is 0.497 e. The summed E-state index contributed by atoms with van der Waals surface area (Å²) in [6.07, 6.45) is 0. The molecule has 0 radical (unpaired) electrons. The molecule has 0 saturated heterocycles. The Bertz CT molecular complexity index is 619. The fourth-order valence-corrected chi connectivity index (χ4v) is 2.37. The summed E-state index contributed by atoms with van der Waals surface area (Å²) in [7, 11) is 1.50. The smallest absolute Gasteiger partial charge is 0.132 e. The molecule has 20 heavy (non-hydrogen) atoms. The molecular formula is C15H14Cl2FNO. The SMILES string of the molecule is COc1ccc(C(C)Nc2ccc(Cl)cc2Cl)c(F)c1. The Hall–Kier alpha value is -1.45. The van der Waals surface area contributed by atoms with Crippen molar-refractivity contribution in [1.82, 2.24) is 0 Å². The first-order valence-electron chi connectivity index (χ1n) is 6.06. The number of ether oxygens (including phenoxy) is 1. The van der Waals surface area contributed by atoms with E-state index in [0.717, 1.165) is 0 Å². The highest BCUT2D eigenvalue weighted by molar-refractivity contribution is 6.36. The highest BCUT2D eigenvalue weighted by Gasteiger charge is 2.13. The highest BCUT2D eigenvalue weighted by atomic mass is 35.5. The van der Waals surface area contributed by atoms with Crippen molar-refractivity contribution in [3.63, 3.8) is 0 Å². The zero-order valence-electron chi connectivity index (χ0n) is 11.1. The van der Waals surface area contributed by atoms with E-state index in [2.05, 4.69) is 5.32 Å². The summed E-state index contributed by atoms with van der Waals surface area (Å²) in [6.45, 7) is 1.86. The summed E-state index contributed by atoms with van der Waals surface area (Å²) < 4.78 is 19.0. The van der Waals surface area contributed by atoms with Crippen molar-refractivity contribution in [3.8, 4) is 5.75 Å². The molecule has 106 valence electrons. The predicted molar refractivity (Wildman–Crippen MR) is 81.5 cm³/mol. The van der Waals surface area contributed by atoms with Gasteiger partial charge in [-0.1, -0.05) is 29.3 Å². The molecule has 2 nitrogen and oxygen atoms in total. The number of benzene rings is 2. The van der Waals surface area contributed by atoms with Gasteiger partial charge in [0.2, 0.25) is 0 Å². The minimum Gasteiger partial charge on any atom is -0.497 e. The quantitative estimate of drug-likeness (QED) is 0.825. The summed E-state index contributed by atoms with van der Waals surface area (Å²) in [5.74, 6) is 0.164. The summed E-state index contributed by atoms with van der Waals surface area (Å²) in [6, 6.07) is 9.67. The van der Waals surface area contributed by atoms with Crippen molar-refractivity contribution in [3.05, 3.63) is 57.8 Å². The monoisotopic (exact) mass is 313 g/mol. The molecule has 0 aliphatic carbocycles. The third-order valence-electron chi connectivity index (χ3n) is 2.98. The van der Waals surface area contributed by atoms with Gasteiger partial charge in [-0.25, -0.2) is 4.39 Å². The van der Waals surface area contributed by atoms with E-state index in [9.17, 15) is 4.39 Å². The van der Waals surface area contributed by atoms with E-state index in [1.54, 1.807) is 30.3 Å².